The lowest BCUT2D eigenvalue weighted by atomic mass is 9.80. The Kier molecular flexibility index (Phi) is 7.13. The number of rotatable bonds is 5. The molecule has 27 heavy (non-hydrogen) atoms. The van der Waals surface area contributed by atoms with Crippen molar-refractivity contribution in [3.05, 3.63) is 71.5 Å². The van der Waals surface area contributed by atoms with Gasteiger partial charge in [0.25, 0.3) is 0 Å². The molecule has 0 bridgehead atoms. The van der Waals surface area contributed by atoms with Gasteiger partial charge in [0.05, 0.1) is 5.02 Å². The fourth-order valence-corrected chi connectivity index (χ4v) is 3.87. The van der Waals surface area contributed by atoms with Gasteiger partial charge in [0.2, 0.25) is 0 Å². The number of benzene rings is 2. The first kappa shape index (κ1) is 19.7. The fraction of sp³-hybridized carbons (Fsp3) is 0.360. The molecule has 2 heteroatoms. The van der Waals surface area contributed by atoms with E-state index in [-0.39, 0.29) is 5.02 Å². The SMILES string of the molecule is C=CCCCC1CCC(C#Cc2ccc(-c3ccc(Cl)c(F)c3)cc2)CC1. The van der Waals surface area contributed by atoms with Crippen LogP contribution in [0.3, 0.4) is 0 Å². The van der Waals surface area contributed by atoms with Gasteiger partial charge in [0, 0.05) is 11.5 Å². The molecule has 1 aliphatic carbocycles. The van der Waals surface area contributed by atoms with Crippen LogP contribution in [0.25, 0.3) is 11.1 Å². The maximum atomic E-state index is 13.6. The van der Waals surface area contributed by atoms with Crippen LogP contribution in [0, 0.1) is 29.5 Å². The van der Waals surface area contributed by atoms with E-state index in [1.807, 2.05) is 36.4 Å². The van der Waals surface area contributed by atoms with Crippen LogP contribution in [0.2, 0.25) is 5.02 Å². The molecule has 0 unspecified atom stereocenters. The van der Waals surface area contributed by atoms with Gasteiger partial charge in [-0.1, -0.05) is 54.1 Å². The molecule has 2 aromatic rings. The Hall–Kier alpha value is -2.04. The smallest absolute Gasteiger partial charge is 0.142 e. The zero-order valence-corrected chi connectivity index (χ0v) is 16.4. The molecule has 140 valence electrons. The fourth-order valence-electron chi connectivity index (χ4n) is 3.75. The summed E-state index contributed by atoms with van der Waals surface area (Å²) in [7, 11) is 0. The highest BCUT2D eigenvalue weighted by molar-refractivity contribution is 6.30. The van der Waals surface area contributed by atoms with E-state index in [1.54, 1.807) is 6.07 Å². The van der Waals surface area contributed by atoms with Crippen molar-refractivity contribution in [2.45, 2.75) is 44.9 Å². The predicted octanol–water partition coefficient (Wildman–Crippen LogP) is 7.66. The van der Waals surface area contributed by atoms with Gasteiger partial charge in [-0.25, -0.2) is 4.39 Å². The molecule has 0 aliphatic heterocycles. The predicted molar refractivity (Wildman–Crippen MR) is 113 cm³/mol. The van der Waals surface area contributed by atoms with Gasteiger partial charge in [-0.3, -0.25) is 0 Å². The Morgan fingerprint density at radius 3 is 2.41 bits per heavy atom. The van der Waals surface area contributed by atoms with Crippen molar-refractivity contribution in [2.24, 2.45) is 11.8 Å². The quantitative estimate of drug-likeness (QED) is 0.283. The molecule has 3 rings (SSSR count). The summed E-state index contributed by atoms with van der Waals surface area (Å²) in [6, 6.07) is 12.9. The summed E-state index contributed by atoms with van der Waals surface area (Å²) in [5, 5.41) is 0.150. The molecule has 0 nitrogen and oxygen atoms in total. The highest BCUT2D eigenvalue weighted by Gasteiger charge is 2.19. The molecule has 1 saturated carbocycles. The second-order valence-electron chi connectivity index (χ2n) is 7.41. The second kappa shape index (κ2) is 9.77. The molecule has 0 N–H and O–H groups in total. The molecule has 0 radical (unpaired) electrons. The van der Waals surface area contributed by atoms with Gasteiger partial charge in [0.1, 0.15) is 5.82 Å². The summed E-state index contributed by atoms with van der Waals surface area (Å²) in [6.07, 6.45) is 10.8. The number of unbranched alkanes of at least 4 members (excludes halogenated alkanes) is 1. The van der Waals surface area contributed by atoms with Crippen molar-refractivity contribution in [1.82, 2.24) is 0 Å². The summed E-state index contributed by atoms with van der Waals surface area (Å²) in [5.41, 5.74) is 2.81. The minimum Gasteiger partial charge on any atom is -0.205 e. The highest BCUT2D eigenvalue weighted by Crippen LogP contribution is 2.31. The third-order valence-electron chi connectivity index (χ3n) is 5.43. The van der Waals surface area contributed by atoms with E-state index in [0.717, 1.165) is 29.0 Å². The van der Waals surface area contributed by atoms with Crippen LogP contribution in [0.4, 0.5) is 4.39 Å². The van der Waals surface area contributed by atoms with Crippen LogP contribution in [-0.4, -0.2) is 0 Å². The van der Waals surface area contributed by atoms with Gasteiger partial charge >= 0.3 is 0 Å². The van der Waals surface area contributed by atoms with Crippen molar-refractivity contribution < 1.29 is 4.39 Å². The maximum Gasteiger partial charge on any atom is 0.142 e. The summed E-state index contributed by atoms with van der Waals surface area (Å²) in [5.74, 6) is 7.79. The Bertz CT molecular complexity index is 818. The molecular formula is C25H26ClF. The first-order valence-corrected chi connectivity index (χ1v) is 10.2. The molecule has 1 fully saturated rings. The van der Waals surface area contributed by atoms with Gasteiger partial charge in [-0.2, -0.15) is 0 Å². The van der Waals surface area contributed by atoms with Crippen molar-refractivity contribution in [2.75, 3.05) is 0 Å². The first-order valence-electron chi connectivity index (χ1n) is 9.83. The molecule has 2 aromatic carbocycles. The van der Waals surface area contributed by atoms with E-state index in [4.69, 9.17) is 11.6 Å². The lowest BCUT2D eigenvalue weighted by molar-refractivity contribution is 0.297. The summed E-state index contributed by atoms with van der Waals surface area (Å²) < 4.78 is 13.6. The van der Waals surface area contributed by atoms with Crippen LogP contribution < -0.4 is 0 Å². The van der Waals surface area contributed by atoms with Crippen molar-refractivity contribution in [3.63, 3.8) is 0 Å². The van der Waals surface area contributed by atoms with Crippen LogP contribution >= 0.6 is 11.6 Å². The molecule has 0 saturated heterocycles. The molecule has 0 amide bonds. The van der Waals surface area contributed by atoms with Crippen LogP contribution in [-0.2, 0) is 0 Å². The summed E-state index contributed by atoms with van der Waals surface area (Å²) in [6.45, 7) is 3.80. The van der Waals surface area contributed by atoms with Crippen LogP contribution in [0.15, 0.2) is 55.1 Å². The largest absolute Gasteiger partial charge is 0.205 e. The standard InChI is InChI=1S/C25H26ClF/c1-2-3-4-5-19-6-8-20(9-7-19)10-11-21-12-14-22(15-13-21)23-16-17-24(26)25(27)18-23/h2,12-20H,1,3-9H2. The Labute approximate surface area is 167 Å². The van der Waals surface area contributed by atoms with Crippen molar-refractivity contribution >= 4 is 11.6 Å². The third kappa shape index (κ3) is 5.72. The van der Waals surface area contributed by atoms with Gasteiger partial charge in [-0.15, -0.1) is 6.58 Å². The normalized spacial score (nSPS) is 19.2. The zero-order chi connectivity index (χ0) is 19.1. The van der Waals surface area contributed by atoms with Crippen LogP contribution in [0.5, 0.6) is 0 Å². The topological polar surface area (TPSA) is 0 Å². The summed E-state index contributed by atoms with van der Waals surface area (Å²) in [4.78, 5) is 0. The van der Waals surface area contributed by atoms with Crippen molar-refractivity contribution in [1.29, 1.82) is 0 Å². The van der Waals surface area contributed by atoms with E-state index >= 15 is 0 Å². The zero-order valence-electron chi connectivity index (χ0n) is 15.7. The lowest BCUT2D eigenvalue weighted by Gasteiger charge is -2.25. The average Bonchev–Trinajstić information content (AvgIpc) is 2.70. The van der Waals surface area contributed by atoms with E-state index in [9.17, 15) is 4.39 Å². The number of allylic oxidation sites excluding steroid dienone is 1. The molecule has 0 aromatic heterocycles. The number of halogens is 2. The molecule has 0 spiro atoms. The molecular weight excluding hydrogens is 355 g/mol. The van der Waals surface area contributed by atoms with Crippen molar-refractivity contribution in [3.8, 4) is 23.0 Å². The monoisotopic (exact) mass is 380 g/mol. The van der Waals surface area contributed by atoms with Crippen LogP contribution in [0.1, 0.15) is 50.5 Å². The van der Waals surface area contributed by atoms with Gasteiger partial charge in [-0.05, 0) is 79.8 Å². The number of hydrogen-bond donors (Lipinski definition) is 0. The molecule has 0 atom stereocenters. The Morgan fingerprint density at radius 2 is 1.74 bits per heavy atom. The van der Waals surface area contributed by atoms with E-state index in [1.165, 1.54) is 44.6 Å². The maximum absolute atomic E-state index is 13.6. The second-order valence-corrected chi connectivity index (χ2v) is 7.82. The number of hydrogen-bond acceptors (Lipinski definition) is 0. The molecule has 1 aliphatic rings. The Morgan fingerprint density at radius 1 is 1.04 bits per heavy atom. The van der Waals surface area contributed by atoms with E-state index < -0.39 is 5.82 Å². The van der Waals surface area contributed by atoms with Gasteiger partial charge in [0.15, 0.2) is 0 Å². The molecule has 0 heterocycles. The highest BCUT2D eigenvalue weighted by atomic mass is 35.5. The minimum absolute atomic E-state index is 0.150. The Balaban J connectivity index is 1.55. The third-order valence-corrected chi connectivity index (χ3v) is 5.73. The van der Waals surface area contributed by atoms with E-state index in [0.29, 0.717) is 5.92 Å². The van der Waals surface area contributed by atoms with E-state index in [2.05, 4.69) is 18.4 Å². The minimum atomic E-state index is -0.391. The van der Waals surface area contributed by atoms with Gasteiger partial charge < -0.3 is 0 Å². The first-order chi connectivity index (χ1) is 13.2. The lowest BCUT2D eigenvalue weighted by Crippen LogP contribution is -2.13. The average molecular weight is 381 g/mol. The summed E-state index contributed by atoms with van der Waals surface area (Å²) >= 11 is 5.75.